The zero-order chi connectivity index (χ0) is 18.3. The highest BCUT2D eigenvalue weighted by atomic mass is 32.2. The lowest BCUT2D eigenvalue weighted by atomic mass is 10.0. The highest BCUT2D eigenvalue weighted by Crippen LogP contribution is 2.30. The molecule has 2 rings (SSSR count). The minimum atomic E-state index is -6.00. The van der Waals surface area contributed by atoms with Crippen LogP contribution in [0.25, 0.3) is 0 Å². The van der Waals surface area contributed by atoms with Crippen LogP contribution in [0.2, 0.25) is 0 Å². The van der Waals surface area contributed by atoms with Crippen LogP contribution >= 0.6 is 0 Å². The fourth-order valence-corrected chi connectivity index (χ4v) is 3.93. The highest BCUT2D eigenvalue weighted by molar-refractivity contribution is 7.96. The van der Waals surface area contributed by atoms with Crippen molar-refractivity contribution in [2.24, 2.45) is 0 Å². The standard InChI is InChI=1S/C17H20FS.BF4/c1-13(2)16-6-4-5-7-17(16)19(12-18)15-10-8-14(3)9-11-15;2-1(3,4)5/h4-11,13H,12H2,1-3H3;/q+1;-1. The molecular weight excluding hydrogens is 342 g/mol. The summed E-state index contributed by atoms with van der Waals surface area (Å²) in [4.78, 5) is 2.23. The maximum Gasteiger partial charge on any atom is 0.673 e. The Morgan fingerprint density at radius 2 is 1.42 bits per heavy atom. The van der Waals surface area contributed by atoms with Crippen LogP contribution < -0.4 is 0 Å². The van der Waals surface area contributed by atoms with E-state index in [4.69, 9.17) is 0 Å². The van der Waals surface area contributed by atoms with Crippen molar-refractivity contribution in [2.45, 2.75) is 36.5 Å². The number of alkyl halides is 1. The van der Waals surface area contributed by atoms with Gasteiger partial charge in [-0.05, 0) is 31.0 Å². The molecule has 0 heterocycles. The van der Waals surface area contributed by atoms with E-state index in [2.05, 4.69) is 57.2 Å². The molecule has 0 bridgehead atoms. The average Bonchev–Trinajstić information content (AvgIpc) is 2.48. The molecule has 0 spiro atoms. The summed E-state index contributed by atoms with van der Waals surface area (Å²) in [6.07, 6.45) is 0. The second-order valence-corrected chi connectivity index (χ2v) is 7.41. The summed E-state index contributed by atoms with van der Waals surface area (Å²) >= 11 is 0. The molecule has 0 aliphatic heterocycles. The van der Waals surface area contributed by atoms with Gasteiger partial charge in [-0.1, -0.05) is 49.7 Å². The summed E-state index contributed by atoms with van der Waals surface area (Å²) in [5, 5.41) is 0. The zero-order valence-electron chi connectivity index (χ0n) is 13.8. The van der Waals surface area contributed by atoms with Crippen molar-refractivity contribution in [2.75, 3.05) is 6.01 Å². The van der Waals surface area contributed by atoms with Crippen LogP contribution in [0.4, 0.5) is 21.7 Å². The van der Waals surface area contributed by atoms with Gasteiger partial charge in [0.25, 0.3) is 6.01 Å². The number of benzene rings is 2. The summed E-state index contributed by atoms with van der Waals surface area (Å²) in [6.45, 7) is 6.38. The summed E-state index contributed by atoms with van der Waals surface area (Å²) in [6, 6.07) is 16.1. The fourth-order valence-electron chi connectivity index (χ4n) is 2.13. The molecule has 0 aliphatic rings. The van der Waals surface area contributed by atoms with Crippen LogP contribution in [0.3, 0.4) is 0 Å². The van der Waals surface area contributed by atoms with Crippen LogP contribution in [-0.2, 0) is 10.9 Å². The zero-order valence-corrected chi connectivity index (χ0v) is 14.6. The van der Waals surface area contributed by atoms with Crippen LogP contribution in [0.15, 0.2) is 58.3 Å². The van der Waals surface area contributed by atoms with E-state index in [1.54, 1.807) is 0 Å². The van der Waals surface area contributed by atoms with Crippen molar-refractivity contribution in [1.29, 1.82) is 0 Å². The first kappa shape index (κ1) is 20.5. The van der Waals surface area contributed by atoms with Crippen LogP contribution in [0.5, 0.6) is 0 Å². The van der Waals surface area contributed by atoms with E-state index in [-0.39, 0.29) is 6.01 Å². The van der Waals surface area contributed by atoms with Crippen molar-refractivity contribution in [3.05, 3.63) is 59.7 Å². The number of hydrogen-bond acceptors (Lipinski definition) is 0. The summed E-state index contributed by atoms with van der Waals surface area (Å²) in [5.74, 6) is 0.420. The normalized spacial score (nSPS) is 12.5. The number of halogens is 5. The molecule has 2 aromatic carbocycles. The predicted octanol–water partition coefficient (Wildman–Crippen LogP) is 6.38. The van der Waals surface area contributed by atoms with Gasteiger partial charge in [-0.2, -0.15) is 4.39 Å². The Hall–Kier alpha value is -1.50. The van der Waals surface area contributed by atoms with E-state index in [1.807, 2.05) is 12.1 Å². The first-order valence-electron chi connectivity index (χ1n) is 7.43. The van der Waals surface area contributed by atoms with E-state index >= 15 is 0 Å². The minimum absolute atomic E-state index is 0.327. The minimum Gasteiger partial charge on any atom is -0.418 e. The molecule has 0 radical (unpaired) electrons. The SMILES string of the molecule is Cc1ccc([S+](CF)c2ccccc2C(C)C)cc1.F[B-](F)(F)F. The maximum atomic E-state index is 13.6. The lowest BCUT2D eigenvalue weighted by Gasteiger charge is -2.12. The maximum absolute atomic E-state index is 13.6. The second-order valence-electron chi connectivity index (χ2n) is 5.50. The highest BCUT2D eigenvalue weighted by Gasteiger charge is 2.28. The fraction of sp³-hybridized carbons (Fsp3) is 0.294. The monoisotopic (exact) mass is 362 g/mol. The van der Waals surface area contributed by atoms with E-state index in [1.165, 1.54) is 11.1 Å². The molecule has 0 N–H and O–H groups in total. The molecule has 7 heteroatoms. The molecular formula is C17H20BF5S. The number of hydrogen-bond donors (Lipinski definition) is 0. The quantitative estimate of drug-likeness (QED) is 0.336. The van der Waals surface area contributed by atoms with Gasteiger partial charge >= 0.3 is 7.25 Å². The van der Waals surface area contributed by atoms with Crippen LogP contribution in [-0.4, -0.2) is 13.3 Å². The number of rotatable bonds is 4. The van der Waals surface area contributed by atoms with Gasteiger partial charge in [-0.15, -0.1) is 0 Å². The van der Waals surface area contributed by atoms with Gasteiger partial charge < -0.3 is 17.3 Å². The predicted molar refractivity (Wildman–Crippen MR) is 91.8 cm³/mol. The first-order chi connectivity index (χ1) is 11.1. The van der Waals surface area contributed by atoms with E-state index in [0.29, 0.717) is 5.92 Å². The third-order valence-corrected chi connectivity index (χ3v) is 5.18. The first-order valence-corrected chi connectivity index (χ1v) is 8.82. The average molecular weight is 362 g/mol. The molecule has 0 saturated carbocycles. The molecule has 0 nitrogen and oxygen atoms in total. The third kappa shape index (κ3) is 6.95. The Balaban J connectivity index is 0.000000505. The Morgan fingerprint density at radius 1 is 0.917 bits per heavy atom. The smallest absolute Gasteiger partial charge is 0.418 e. The summed E-state index contributed by atoms with van der Waals surface area (Å²) < 4.78 is 52.6. The second kappa shape index (κ2) is 9.11. The summed E-state index contributed by atoms with van der Waals surface area (Å²) in [5.41, 5.74) is 2.47. The molecule has 1 unspecified atom stereocenters. The lowest BCUT2D eigenvalue weighted by Crippen LogP contribution is -2.09. The van der Waals surface area contributed by atoms with Crippen molar-refractivity contribution in [1.82, 2.24) is 0 Å². The third-order valence-electron chi connectivity index (χ3n) is 3.22. The van der Waals surface area contributed by atoms with Crippen LogP contribution in [0, 0.1) is 6.92 Å². The van der Waals surface area contributed by atoms with Gasteiger partial charge in [-0.3, -0.25) is 0 Å². The van der Waals surface area contributed by atoms with Crippen molar-refractivity contribution in [3.8, 4) is 0 Å². The van der Waals surface area contributed by atoms with Gasteiger partial charge in [0, 0.05) is 5.56 Å². The molecule has 0 aliphatic carbocycles. The Labute approximate surface area is 142 Å². The Kier molecular flexibility index (Phi) is 7.80. The van der Waals surface area contributed by atoms with Gasteiger partial charge in [0.15, 0.2) is 9.79 Å². The largest absolute Gasteiger partial charge is 0.673 e. The molecule has 0 amide bonds. The number of aryl methyl sites for hydroxylation is 1. The summed E-state index contributed by atoms with van der Waals surface area (Å²) in [7, 11) is -6.47. The van der Waals surface area contributed by atoms with E-state index in [9.17, 15) is 21.7 Å². The van der Waals surface area contributed by atoms with Gasteiger partial charge in [0.05, 0.1) is 10.9 Å². The molecule has 1 atom stereocenters. The molecule has 0 fully saturated rings. The Morgan fingerprint density at radius 3 is 1.88 bits per heavy atom. The van der Waals surface area contributed by atoms with E-state index in [0.717, 1.165) is 9.79 Å². The van der Waals surface area contributed by atoms with E-state index < -0.39 is 18.1 Å². The topological polar surface area (TPSA) is 0 Å². The molecule has 132 valence electrons. The van der Waals surface area contributed by atoms with Crippen molar-refractivity contribution < 1.29 is 21.7 Å². The lowest BCUT2D eigenvalue weighted by molar-refractivity contribution is 0.368. The van der Waals surface area contributed by atoms with Gasteiger partial charge in [0.2, 0.25) is 0 Å². The molecule has 24 heavy (non-hydrogen) atoms. The van der Waals surface area contributed by atoms with Gasteiger partial charge in [-0.25, -0.2) is 0 Å². The molecule has 0 saturated heterocycles. The molecule has 2 aromatic rings. The van der Waals surface area contributed by atoms with Crippen molar-refractivity contribution in [3.63, 3.8) is 0 Å². The van der Waals surface area contributed by atoms with Crippen molar-refractivity contribution >= 4 is 18.1 Å². The van der Waals surface area contributed by atoms with Gasteiger partial charge in [0.1, 0.15) is 0 Å². The van der Waals surface area contributed by atoms with Crippen LogP contribution in [0.1, 0.15) is 30.9 Å². The molecule has 0 aromatic heterocycles. The Bertz CT molecular complexity index is 620.